The van der Waals surface area contributed by atoms with E-state index in [-0.39, 0.29) is 18.7 Å². The van der Waals surface area contributed by atoms with Crippen LogP contribution in [0, 0.1) is 13.8 Å². The van der Waals surface area contributed by atoms with Gasteiger partial charge in [0.1, 0.15) is 0 Å². The SMILES string of the molecule is Cc1cc([C@H]2[C@@H](c3ccccn3)NC(=S)N2CCO)c(C)n1C1CCCC1. The molecule has 0 aromatic carbocycles. The van der Waals surface area contributed by atoms with Gasteiger partial charge in [0, 0.05) is 30.2 Å². The number of aryl methyl sites for hydroxylation is 1. The van der Waals surface area contributed by atoms with Crippen LogP contribution in [0.15, 0.2) is 30.5 Å². The minimum atomic E-state index is -0.0113. The first-order valence-corrected chi connectivity index (χ1v) is 10.3. The lowest BCUT2D eigenvalue weighted by Gasteiger charge is -2.28. The van der Waals surface area contributed by atoms with Crippen molar-refractivity contribution in [3.63, 3.8) is 0 Å². The molecule has 0 spiro atoms. The van der Waals surface area contributed by atoms with E-state index in [1.54, 1.807) is 0 Å². The van der Waals surface area contributed by atoms with Gasteiger partial charge in [0.2, 0.25) is 0 Å². The number of β-amino-alcohol motifs (C(OH)–C–C–N with tert-alkyl or cyclic N) is 1. The van der Waals surface area contributed by atoms with Crippen LogP contribution in [0.1, 0.15) is 66.5 Å². The highest BCUT2D eigenvalue weighted by molar-refractivity contribution is 7.80. The second-order valence-electron chi connectivity index (χ2n) is 7.68. The van der Waals surface area contributed by atoms with Crippen molar-refractivity contribution < 1.29 is 5.11 Å². The third-order valence-electron chi connectivity index (χ3n) is 6.07. The fraction of sp³-hybridized carbons (Fsp3) is 0.524. The van der Waals surface area contributed by atoms with Crippen LogP contribution in [0.4, 0.5) is 0 Å². The third-order valence-corrected chi connectivity index (χ3v) is 6.42. The van der Waals surface area contributed by atoms with E-state index in [0.717, 1.165) is 5.69 Å². The summed E-state index contributed by atoms with van der Waals surface area (Å²) in [6.45, 7) is 5.04. The zero-order valence-electron chi connectivity index (χ0n) is 16.1. The molecule has 144 valence electrons. The number of hydrogen-bond acceptors (Lipinski definition) is 3. The molecule has 0 radical (unpaired) electrons. The Morgan fingerprint density at radius 3 is 2.70 bits per heavy atom. The Hall–Kier alpha value is -1.92. The van der Waals surface area contributed by atoms with Gasteiger partial charge in [0.25, 0.3) is 0 Å². The molecule has 2 aromatic heterocycles. The molecule has 6 heteroatoms. The number of pyridine rings is 1. The molecule has 0 amide bonds. The molecule has 2 aromatic rings. The minimum absolute atomic E-state index is 0.0113. The predicted octanol–water partition coefficient (Wildman–Crippen LogP) is 3.58. The largest absolute Gasteiger partial charge is 0.395 e. The van der Waals surface area contributed by atoms with Crippen molar-refractivity contribution in [1.29, 1.82) is 0 Å². The van der Waals surface area contributed by atoms with Crippen LogP contribution in [-0.2, 0) is 0 Å². The first-order valence-electron chi connectivity index (χ1n) is 9.89. The monoisotopic (exact) mass is 384 g/mol. The van der Waals surface area contributed by atoms with Gasteiger partial charge >= 0.3 is 0 Å². The second kappa shape index (κ2) is 7.60. The molecular weight excluding hydrogens is 356 g/mol. The van der Waals surface area contributed by atoms with Crippen molar-refractivity contribution in [2.75, 3.05) is 13.2 Å². The molecule has 3 heterocycles. The molecule has 1 saturated carbocycles. The maximum Gasteiger partial charge on any atom is 0.170 e. The fourth-order valence-corrected chi connectivity index (χ4v) is 5.25. The highest BCUT2D eigenvalue weighted by atomic mass is 32.1. The number of hydrogen-bond donors (Lipinski definition) is 2. The molecule has 2 atom stereocenters. The van der Waals surface area contributed by atoms with Crippen LogP contribution in [0.5, 0.6) is 0 Å². The van der Waals surface area contributed by atoms with E-state index in [9.17, 15) is 5.11 Å². The fourth-order valence-electron chi connectivity index (χ4n) is 4.92. The number of rotatable bonds is 5. The number of nitrogens with one attached hydrogen (secondary N) is 1. The van der Waals surface area contributed by atoms with Gasteiger partial charge in [0.15, 0.2) is 5.11 Å². The number of aromatic nitrogens is 2. The van der Waals surface area contributed by atoms with Crippen LogP contribution >= 0.6 is 12.2 Å². The Labute approximate surface area is 166 Å². The molecule has 1 aliphatic heterocycles. The molecule has 1 saturated heterocycles. The van der Waals surface area contributed by atoms with Crippen LogP contribution in [0.3, 0.4) is 0 Å². The van der Waals surface area contributed by atoms with Crippen molar-refractivity contribution in [2.45, 2.75) is 57.7 Å². The van der Waals surface area contributed by atoms with Gasteiger partial charge in [0.05, 0.1) is 24.4 Å². The van der Waals surface area contributed by atoms with E-state index in [4.69, 9.17) is 12.2 Å². The van der Waals surface area contributed by atoms with Crippen LogP contribution in [-0.4, -0.2) is 37.8 Å². The average Bonchev–Trinajstić information content (AvgIpc) is 3.36. The molecule has 0 unspecified atom stereocenters. The minimum Gasteiger partial charge on any atom is -0.395 e. The van der Waals surface area contributed by atoms with Crippen molar-refractivity contribution >= 4 is 17.3 Å². The Balaban J connectivity index is 1.78. The molecule has 2 aliphatic rings. The molecule has 1 aliphatic carbocycles. The van der Waals surface area contributed by atoms with Crippen molar-refractivity contribution in [3.8, 4) is 0 Å². The number of aliphatic hydroxyl groups excluding tert-OH is 1. The summed E-state index contributed by atoms with van der Waals surface area (Å²) in [4.78, 5) is 6.70. The maximum absolute atomic E-state index is 9.62. The molecule has 2 N–H and O–H groups in total. The lowest BCUT2D eigenvalue weighted by molar-refractivity contribution is 0.222. The third kappa shape index (κ3) is 3.25. The van der Waals surface area contributed by atoms with Crippen LogP contribution in [0.2, 0.25) is 0 Å². The number of aliphatic hydroxyl groups is 1. The molecular formula is C21H28N4OS. The Bertz CT molecular complexity index is 813. The highest BCUT2D eigenvalue weighted by Crippen LogP contribution is 2.42. The Morgan fingerprint density at radius 2 is 2.04 bits per heavy atom. The standard InChI is InChI=1S/C21H28N4OS/c1-14-13-17(15(2)25(14)16-7-3-4-8-16)20-19(18-9-5-6-10-22-18)23-21(27)24(20)11-12-26/h5-6,9-10,13,16,19-20,26H,3-4,7-8,11-12H2,1-2H3,(H,23,27)/t19-,20+/m1/s1. The molecule has 4 rings (SSSR count). The predicted molar refractivity (Wildman–Crippen MR) is 111 cm³/mol. The van der Waals surface area contributed by atoms with Gasteiger partial charge < -0.3 is 19.9 Å². The lowest BCUT2D eigenvalue weighted by Crippen LogP contribution is -2.32. The number of nitrogens with zero attached hydrogens (tertiary/aromatic N) is 3. The number of thiocarbonyl (C=S) groups is 1. The maximum atomic E-state index is 9.62. The van der Waals surface area contributed by atoms with Gasteiger partial charge in [-0.3, -0.25) is 4.98 Å². The quantitative estimate of drug-likeness (QED) is 0.772. The first-order chi connectivity index (χ1) is 13.1. The van der Waals surface area contributed by atoms with E-state index in [0.29, 0.717) is 17.7 Å². The summed E-state index contributed by atoms with van der Waals surface area (Å²) in [6, 6.07) is 8.95. The van der Waals surface area contributed by atoms with Crippen molar-refractivity contribution in [3.05, 3.63) is 53.1 Å². The second-order valence-corrected chi connectivity index (χ2v) is 8.07. The van der Waals surface area contributed by atoms with Crippen molar-refractivity contribution in [2.24, 2.45) is 0 Å². The zero-order valence-corrected chi connectivity index (χ0v) is 16.9. The van der Waals surface area contributed by atoms with E-state index in [2.05, 4.69) is 39.7 Å². The summed E-state index contributed by atoms with van der Waals surface area (Å²) >= 11 is 5.62. The van der Waals surface area contributed by atoms with Gasteiger partial charge in [-0.1, -0.05) is 18.9 Å². The van der Waals surface area contributed by atoms with Gasteiger partial charge in [-0.25, -0.2) is 0 Å². The average molecular weight is 385 g/mol. The molecule has 2 fully saturated rings. The van der Waals surface area contributed by atoms with Crippen molar-refractivity contribution in [1.82, 2.24) is 19.8 Å². The lowest BCUT2D eigenvalue weighted by atomic mass is 9.97. The topological polar surface area (TPSA) is 53.3 Å². The summed E-state index contributed by atoms with van der Waals surface area (Å²) in [5.41, 5.74) is 4.91. The van der Waals surface area contributed by atoms with Gasteiger partial charge in [-0.2, -0.15) is 0 Å². The molecule has 5 nitrogen and oxygen atoms in total. The smallest absolute Gasteiger partial charge is 0.170 e. The normalized spacial score (nSPS) is 23.2. The summed E-state index contributed by atoms with van der Waals surface area (Å²) in [6.07, 6.45) is 6.99. The summed E-state index contributed by atoms with van der Waals surface area (Å²) in [7, 11) is 0. The van der Waals surface area contributed by atoms with Crippen LogP contribution < -0.4 is 5.32 Å². The Kier molecular flexibility index (Phi) is 5.19. The van der Waals surface area contributed by atoms with Gasteiger partial charge in [-0.15, -0.1) is 0 Å². The van der Waals surface area contributed by atoms with Gasteiger partial charge in [-0.05, 0) is 62.7 Å². The summed E-state index contributed by atoms with van der Waals surface area (Å²) in [5.74, 6) is 0. The summed E-state index contributed by atoms with van der Waals surface area (Å²) < 4.78 is 2.52. The first kappa shape index (κ1) is 18.4. The molecule has 0 bridgehead atoms. The highest BCUT2D eigenvalue weighted by Gasteiger charge is 2.41. The van der Waals surface area contributed by atoms with E-state index in [1.807, 2.05) is 24.4 Å². The van der Waals surface area contributed by atoms with E-state index >= 15 is 0 Å². The molecule has 27 heavy (non-hydrogen) atoms. The van der Waals surface area contributed by atoms with E-state index in [1.165, 1.54) is 42.6 Å². The zero-order chi connectivity index (χ0) is 19.0. The summed E-state index contributed by atoms with van der Waals surface area (Å²) in [5, 5.41) is 13.8. The Morgan fingerprint density at radius 1 is 1.26 bits per heavy atom. The van der Waals surface area contributed by atoms with Crippen LogP contribution in [0.25, 0.3) is 0 Å². The van der Waals surface area contributed by atoms with E-state index < -0.39 is 0 Å².